The summed E-state index contributed by atoms with van der Waals surface area (Å²) in [5.74, 6) is -0.374. The van der Waals surface area contributed by atoms with Crippen LogP contribution in [0.25, 0.3) is 6.08 Å². The summed E-state index contributed by atoms with van der Waals surface area (Å²) in [6.45, 7) is 2.60. The van der Waals surface area contributed by atoms with Crippen molar-refractivity contribution < 1.29 is 27.1 Å². The second kappa shape index (κ2) is 12.3. The first-order valence-corrected chi connectivity index (χ1v) is 15.0. The highest BCUT2D eigenvalue weighted by atomic mass is 32.2. The number of benzene rings is 3. The molecule has 0 aliphatic carbocycles. The van der Waals surface area contributed by atoms with Crippen LogP contribution in [0, 0.1) is 5.82 Å². The van der Waals surface area contributed by atoms with Gasteiger partial charge >= 0.3 is 0 Å². The van der Waals surface area contributed by atoms with Crippen LogP contribution in [0.3, 0.4) is 0 Å². The molecule has 210 valence electrons. The average Bonchev–Trinajstić information content (AvgIpc) is 3.09. The maximum atomic E-state index is 13.2. The minimum atomic E-state index is -3.57. The van der Waals surface area contributed by atoms with E-state index in [0.29, 0.717) is 28.6 Å². The molecule has 1 amide bonds. The van der Waals surface area contributed by atoms with Crippen LogP contribution in [0.1, 0.15) is 36.0 Å². The Morgan fingerprint density at radius 1 is 1.02 bits per heavy atom. The van der Waals surface area contributed by atoms with Crippen molar-refractivity contribution >= 4 is 27.5 Å². The minimum absolute atomic E-state index is 0.0998. The summed E-state index contributed by atoms with van der Waals surface area (Å²) >= 11 is 0. The van der Waals surface area contributed by atoms with Gasteiger partial charge in [-0.05, 0) is 91.5 Å². The van der Waals surface area contributed by atoms with Gasteiger partial charge in [-0.1, -0.05) is 24.3 Å². The molecule has 0 saturated carbocycles. The van der Waals surface area contributed by atoms with E-state index in [-0.39, 0.29) is 35.4 Å². The number of hydrogen-bond donors (Lipinski definition) is 1. The van der Waals surface area contributed by atoms with Crippen LogP contribution in [0.5, 0.6) is 5.75 Å². The molecule has 0 spiro atoms. The van der Waals surface area contributed by atoms with Gasteiger partial charge < -0.3 is 14.8 Å². The summed E-state index contributed by atoms with van der Waals surface area (Å²) in [5.41, 5.74) is 3.36. The fraction of sp³-hybridized carbons (Fsp3) is 0.323. The van der Waals surface area contributed by atoms with E-state index in [1.54, 1.807) is 30.3 Å². The SMILES string of the molecule is CN(Cc1ccc(NC(=O)C2=Cc3cc(OCc4ccc(F)cc4)ccc3S(=O)(=O)CC2)cc1)C1CCOCC1. The standard InChI is InChI=1S/C31H33FN2O5S/c1-34(28-12-15-38-16-13-28)20-22-4-8-27(9-5-22)33-31(35)24-14-17-40(36,37)30-11-10-29(19-25(30)18-24)39-21-23-2-6-26(32)7-3-23/h2-11,18-19,28H,12-17,20-21H2,1H3,(H,33,35). The number of fused-ring (bicyclic) bond motifs is 1. The van der Waals surface area contributed by atoms with Crippen molar-refractivity contribution in [2.75, 3.05) is 31.3 Å². The molecule has 3 aromatic carbocycles. The van der Waals surface area contributed by atoms with E-state index in [1.165, 1.54) is 18.2 Å². The zero-order valence-corrected chi connectivity index (χ0v) is 23.3. The van der Waals surface area contributed by atoms with Crippen molar-refractivity contribution in [3.05, 3.63) is 94.8 Å². The Morgan fingerprint density at radius 3 is 2.45 bits per heavy atom. The van der Waals surface area contributed by atoms with Gasteiger partial charge in [0.05, 0.1) is 10.6 Å². The number of nitrogens with one attached hydrogen (secondary N) is 1. The van der Waals surface area contributed by atoms with Crippen LogP contribution in [0.2, 0.25) is 0 Å². The number of halogens is 1. The van der Waals surface area contributed by atoms with Gasteiger partial charge in [0.2, 0.25) is 0 Å². The summed E-state index contributed by atoms with van der Waals surface area (Å²) in [5, 5.41) is 2.91. The smallest absolute Gasteiger partial charge is 0.251 e. The van der Waals surface area contributed by atoms with Crippen LogP contribution in [0.15, 0.2) is 77.2 Å². The Kier molecular flexibility index (Phi) is 8.63. The molecule has 0 aromatic heterocycles. The van der Waals surface area contributed by atoms with Gasteiger partial charge in [-0.2, -0.15) is 0 Å². The van der Waals surface area contributed by atoms with Gasteiger partial charge in [-0.15, -0.1) is 0 Å². The third-order valence-electron chi connectivity index (χ3n) is 7.35. The Bertz CT molecular complexity index is 1480. The number of rotatable bonds is 8. The molecule has 0 unspecified atom stereocenters. The summed E-state index contributed by atoms with van der Waals surface area (Å²) in [6.07, 6.45) is 3.78. The van der Waals surface area contributed by atoms with Crippen molar-refractivity contribution in [3.8, 4) is 5.75 Å². The Labute approximate surface area is 234 Å². The monoisotopic (exact) mass is 564 g/mol. The van der Waals surface area contributed by atoms with E-state index >= 15 is 0 Å². The van der Waals surface area contributed by atoms with Gasteiger partial charge in [-0.3, -0.25) is 9.69 Å². The number of carbonyl (C=O) groups is 1. The van der Waals surface area contributed by atoms with E-state index < -0.39 is 9.84 Å². The van der Waals surface area contributed by atoms with E-state index in [2.05, 4.69) is 17.3 Å². The van der Waals surface area contributed by atoms with Crippen molar-refractivity contribution in [2.24, 2.45) is 0 Å². The lowest BCUT2D eigenvalue weighted by Gasteiger charge is -2.31. The molecule has 5 rings (SSSR count). The third-order valence-corrected chi connectivity index (χ3v) is 9.14. The quantitative estimate of drug-likeness (QED) is 0.404. The minimum Gasteiger partial charge on any atom is -0.489 e. The van der Waals surface area contributed by atoms with Crippen molar-refractivity contribution in [1.29, 1.82) is 0 Å². The molecule has 1 fully saturated rings. The van der Waals surface area contributed by atoms with Gasteiger partial charge in [-0.25, -0.2) is 12.8 Å². The van der Waals surface area contributed by atoms with Crippen molar-refractivity contribution in [3.63, 3.8) is 0 Å². The Balaban J connectivity index is 1.26. The van der Waals surface area contributed by atoms with Gasteiger partial charge in [0.15, 0.2) is 9.84 Å². The first-order chi connectivity index (χ1) is 19.3. The molecular formula is C31H33FN2O5S. The first kappa shape index (κ1) is 28.0. The second-order valence-electron chi connectivity index (χ2n) is 10.3. The molecular weight excluding hydrogens is 531 g/mol. The molecule has 2 aliphatic heterocycles. The predicted molar refractivity (Wildman–Crippen MR) is 152 cm³/mol. The lowest BCUT2D eigenvalue weighted by molar-refractivity contribution is -0.112. The average molecular weight is 565 g/mol. The molecule has 7 nitrogen and oxygen atoms in total. The van der Waals surface area contributed by atoms with Crippen LogP contribution in [-0.4, -0.2) is 51.3 Å². The fourth-order valence-electron chi connectivity index (χ4n) is 5.00. The molecule has 40 heavy (non-hydrogen) atoms. The van der Waals surface area contributed by atoms with E-state index in [4.69, 9.17) is 9.47 Å². The van der Waals surface area contributed by atoms with Gasteiger partial charge in [0.1, 0.15) is 18.2 Å². The molecule has 2 heterocycles. The summed E-state index contributed by atoms with van der Waals surface area (Å²) < 4.78 is 50.3. The fourth-order valence-corrected chi connectivity index (χ4v) is 6.46. The maximum absolute atomic E-state index is 13.2. The van der Waals surface area contributed by atoms with E-state index in [9.17, 15) is 17.6 Å². The van der Waals surface area contributed by atoms with Crippen LogP contribution in [0.4, 0.5) is 10.1 Å². The Morgan fingerprint density at radius 2 is 1.73 bits per heavy atom. The largest absolute Gasteiger partial charge is 0.489 e. The molecule has 9 heteroatoms. The highest BCUT2D eigenvalue weighted by Gasteiger charge is 2.25. The number of hydrogen-bond acceptors (Lipinski definition) is 6. The lowest BCUT2D eigenvalue weighted by Crippen LogP contribution is -2.36. The molecule has 0 bridgehead atoms. The maximum Gasteiger partial charge on any atom is 0.251 e. The molecule has 1 N–H and O–H groups in total. The van der Waals surface area contributed by atoms with E-state index in [1.807, 2.05) is 24.3 Å². The molecule has 1 saturated heterocycles. The number of anilines is 1. The molecule has 2 aliphatic rings. The highest BCUT2D eigenvalue weighted by Crippen LogP contribution is 2.30. The lowest BCUT2D eigenvalue weighted by atomic mass is 10.1. The molecule has 0 radical (unpaired) electrons. The normalized spacial score (nSPS) is 17.0. The summed E-state index contributed by atoms with van der Waals surface area (Å²) in [4.78, 5) is 15.7. The van der Waals surface area contributed by atoms with Crippen molar-refractivity contribution in [1.82, 2.24) is 4.90 Å². The summed E-state index contributed by atoms with van der Waals surface area (Å²) in [7, 11) is -1.45. The topological polar surface area (TPSA) is 84.9 Å². The predicted octanol–water partition coefficient (Wildman–Crippen LogP) is 5.22. The Hall–Kier alpha value is -3.53. The zero-order chi connectivity index (χ0) is 28.1. The number of carbonyl (C=O) groups excluding carboxylic acids is 1. The number of ether oxygens (including phenoxy) is 2. The van der Waals surface area contributed by atoms with Gasteiger partial charge in [0.25, 0.3) is 5.91 Å². The zero-order valence-electron chi connectivity index (χ0n) is 22.4. The van der Waals surface area contributed by atoms with Crippen LogP contribution >= 0.6 is 0 Å². The first-order valence-electron chi connectivity index (χ1n) is 13.4. The third kappa shape index (κ3) is 6.96. The number of amides is 1. The van der Waals surface area contributed by atoms with Gasteiger partial charge in [0, 0.05) is 37.1 Å². The van der Waals surface area contributed by atoms with Crippen molar-refractivity contribution in [2.45, 2.75) is 43.4 Å². The number of sulfone groups is 1. The highest BCUT2D eigenvalue weighted by molar-refractivity contribution is 7.91. The second-order valence-corrected chi connectivity index (χ2v) is 12.3. The molecule has 3 aromatic rings. The number of nitrogens with zero attached hydrogens (tertiary/aromatic N) is 1. The van der Waals surface area contributed by atoms with Crippen LogP contribution < -0.4 is 10.1 Å². The molecule has 0 atom stereocenters. The summed E-state index contributed by atoms with van der Waals surface area (Å²) in [6, 6.07) is 18.9. The van der Waals surface area contributed by atoms with E-state index in [0.717, 1.165) is 43.7 Å². The van der Waals surface area contributed by atoms with Crippen LogP contribution in [-0.2, 0) is 32.5 Å².